The summed E-state index contributed by atoms with van der Waals surface area (Å²) in [5, 5.41) is 0. The molecule has 0 aliphatic heterocycles. The molecule has 0 radical (unpaired) electrons. The molecule has 3 heteroatoms. The van der Waals surface area contributed by atoms with Gasteiger partial charge in [-0.05, 0) is 58.4 Å². The smallest absolute Gasteiger partial charge is 1.00 e. The van der Waals surface area contributed by atoms with Crippen LogP contribution in [0.1, 0.15) is 140 Å². The summed E-state index contributed by atoms with van der Waals surface area (Å²) in [5.74, 6) is 0. The monoisotopic (exact) mass is 704 g/mol. The fourth-order valence-corrected chi connectivity index (χ4v) is 7.09. The predicted molar refractivity (Wildman–Crippen MR) is 183 cm³/mol. The summed E-state index contributed by atoms with van der Waals surface area (Å²) in [6.07, 6.45) is 9.45. The molecule has 0 fully saturated rings. The number of aryl methyl sites for hydroxylation is 2. The van der Waals surface area contributed by atoms with Gasteiger partial charge in [-0.1, -0.05) is 111 Å². The van der Waals surface area contributed by atoms with Crippen molar-refractivity contribution in [1.82, 2.24) is 0 Å². The van der Waals surface area contributed by atoms with Crippen molar-refractivity contribution >= 4 is 14.4 Å². The van der Waals surface area contributed by atoms with Gasteiger partial charge in [-0.25, -0.2) is 11.6 Å². The van der Waals surface area contributed by atoms with Crippen molar-refractivity contribution in [3.8, 4) is 11.1 Å². The number of allylic oxidation sites excluding steroid dienone is 4. The molecule has 0 nitrogen and oxygen atoms in total. The Morgan fingerprint density at radius 3 is 1.82 bits per heavy atom. The first-order valence-electron chi connectivity index (χ1n) is 15.9. The van der Waals surface area contributed by atoms with Crippen molar-refractivity contribution in [2.24, 2.45) is 0 Å². The summed E-state index contributed by atoms with van der Waals surface area (Å²) >= 11 is 1.55. The molecule has 0 saturated heterocycles. The van der Waals surface area contributed by atoms with Crippen LogP contribution in [0.5, 0.6) is 0 Å². The number of benzene rings is 2. The SMILES string of the molecule is CC1=[C-]C(C)(C)c2cc3c(cc21)-c1cc2c(cc1C3)C(C)(C)C=C2C.CCc1cc(C(C)(C)C)c(CC)[cH-]1.C[C](C)=[Zr+2].[Cl-].[Cl-]. The van der Waals surface area contributed by atoms with E-state index in [1.807, 2.05) is 0 Å². The van der Waals surface area contributed by atoms with Crippen LogP contribution in [0.15, 0.2) is 42.5 Å². The third kappa shape index (κ3) is 7.76. The molecule has 0 aromatic heterocycles. The second-order valence-electron chi connectivity index (χ2n) is 15.0. The molecule has 3 aliphatic carbocycles. The average molecular weight is 707 g/mol. The first-order chi connectivity index (χ1) is 19.4. The summed E-state index contributed by atoms with van der Waals surface area (Å²) < 4.78 is 1.51. The van der Waals surface area contributed by atoms with Crippen molar-refractivity contribution < 1.29 is 49.0 Å². The van der Waals surface area contributed by atoms with E-state index < -0.39 is 0 Å². The fraction of sp³-hybridized carbons (Fsp3) is 0.463. The Bertz CT molecular complexity index is 1510. The van der Waals surface area contributed by atoms with E-state index in [1.165, 1.54) is 75.6 Å². The fourth-order valence-electron chi connectivity index (χ4n) is 7.09. The first-order valence-corrected chi connectivity index (χ1v) is 17.1. The number of fused-ring (bicyclic) bond motifs is 5. The number of hydrogen-bond donors (Lipinski definition) is 0. The molecular formula is C41H52Cl2Zr-2. The average Bonchev–Trinajstić information content (AvgIpc) is 3.57. The van der Waals surface area contributed by atoms with Crippen LogP contribution in [0, 0.1) is 6.08 Å². The van der Waals surface area contributed by atoms with Gasteiger partial charge in [0, 0.05) is 5.41 Å². The van der Waals surface area contributed by atoms with Crippen LogP contribution in [-0.2, 0) is 59.7 Å². The van der Waals surface area contributed by atoms with E-state index in [1.54, 1.807) is 24.2 Å². The largest absolute Gasteiger partial charge is 1.00 e. The predicted octanol–water partition coefficient (Wildman–Crippen LogP) is 5.03. The minimum Gasteiger partial charge on any atom is -1.00 e. The molecule has 0 saturated carbocycles. The van der Waals surface area contributed by atoms with Gasteiger partial charge >= 0.3 is 41.3 Å². The maximum Gasteiger partial charge on any atom is -1.00 e. The molecule has 0 N–H and O–H groups in total. The number of rotatable bonds is 2. The molecule has 0 bridgehead atoms. The zero-order valence-electron chi connectivity index (χ0n) is 29.4. The van der Waals surface area contributed by atoms with Gasteiger partial charge in [0.2, 0.25) is 0 Å². The van der Waals surface area contributed by atoms with Crippen LogP contribution in [0.4, 0.5) is 0 Å². The molecule has 3 aromatic rings. The topological polar surface area (TPSA) is 0 Å². The van der Waals surface area contributed by atoms with E-state index in [0.29, 0.717) is 5.41 Å². The third-order valence-corrected chi connectivity index (χ3v) is 9.06. The van der Waals surface area contributed by atoms with E-state index in [9.17, 15) is 0 Å². The maximum atomic E-state index is 3.65. The summed E-state index contributed by atoms with van der Waals surface area (Å²) in [7, 11) is 0. The maximum absolute atomic E-state index is 3.65. The van der Waals surface area contributed by atoms with Gasteiger partial charge in [-0.2, -0.15) is 28.3 Å². The normalized spacial score (nSPS) is 15.9. The molecule has 0 heterocycles. The van der Waals surface area contributed by atoms with Crippen molar-refractivity contribution in [2.75, 3.05) is 0 Å². The quantitative estimate of drug-likeness (QED) is 0.257. The van der Waals surface area contributed by atoms with Gasteiger partial charge < -0.3 is 24.8 Å². The Hall–Kier alpha value is -1.40. The van der Waals surface area contributed by atoms with E-state index >= 15 is 0 Å². The van der Waals surface area contributed by atoms with Crippen molar-refractivity contribution in [1.29, 1.82) is 0 Å². The Labute approximate surface area is 296 Å². The van der Waals surface area contributed by atoms with Crippen LogP contribution in [0.2, 0.25) is 0 Å². The molecule has 0 atom stereocenters. The van der Waals surface area contributed by atoms with E-state index in [4.69, 9.17) is 0 Å². The second-order valence-corrected chi connectivity index (χ2v) is 17.4. The number of halogens is 2. The number of hydrogen-bond acceptors (Lipinski definition) is 0. The van der Waals surface area contributed by atoms with Crippen molar-refractivity contribution in [2.45, 2.75) is 126 Å². The van der Waals surface area contributed by atoms with Crippen LogP contribution in [0.3, 0.4) is 0 Å². The molecule has 6 rings (SSSR count). The second kappa shape index (κ2) is 14.2. The standard InChI is InChI=1S/C25H25.C13H21.C3H6.2ClH.Zr/c1-14-12-24(3,4)22-8-16-7-17-9-23-19(15(2)13-25(23,5)6)11-21(17)20(16)10-18(14)22;1-6-10-8-11(7-2)12(9-10)13(3,4)5;1-3-2;;;/h8-12H,7H2,1-6H3;8-9H,6-7H2,1-5H3;1-2H3;2*1H;/q2*-1;;;;+2/p-2. The van der Waals surface area contributed by atoms with Gasteiger partial charge in [0.15, 0.2) is 0 Å². The third-order valence-electron chi connectivity index (χ3n) is 9.06. The zero-order chi connectivity index (χ0) is 31.4. The minimum atomic E-state index is 0. The van der Waals surface area contributed by atoms with E-state index in [2.05, 4.69) is 139 Å². The van der Waals surface area contributed by atoms with Gasteiger partial charge in [0.05, 0.1) is 0 Å². The van der Waals surface area contributed by atoms with Crippen LogP contribution >= 0.6 is 0 Å². The molecule has 236 valence electrons. The van der Waals surface area contributed by atoms with Gasteiger partial charge in [-0.3, -0.25) is 6.08 Å². The Balaban J connectivity index is 0.000000303. The van der Waals surface area contributed by atoms with E-state index in [-0.39, 0.29) is 35.6 Å². The summed E-state index contributed by atoms with van der Waals surface area (Å²) in [6, 6.07) is 14.5. The molecular weight excluding hydrogens is 655 g/mol. The molecule has 3 aromatic carbocycles. The molecule has 0 amide bonds. The Kier molecular flexibility index (Phi) is 12.5. The summed E-state index contributed by atoms with van der Waals surface area (Å²) in [6.45, 7) is 29.3. The van der Waals surface area contributed by atoms with E-state index in [0.717, 1.165) is 19.3 Å². The van der Waals surface area contributed by atoms with Gasteiger partial charge in [0.25, 0.3) is 0 Å². The first kappa shape index (κ1) is 38.8. The molecule has 3 aliphatic rings. The molecule has 0 unspecified atom stereocenters. The van der Waals surface area contributed by atoms with Gasteiger partial charge in [0.1, 0.15) is 0 Å². The van der Waals surface area contributed by atoms with Crippen molar-refractivity contribution in [3.05, 3.63) is 98.6 Å². The minimum absolute atomic E-state index is 0. The summed E-state index contributed by atoms with van der Waals surface area (Å²) in [4.78, 5) is 0. The molecule has 0 spiro atoms. The Morgan fingerprint density at radius 1 is 0.818 bits per heavy atom. The van der Waals surface area contributed by atoms with Crippen LogP contribution in [-0.4, -0.2) is 3.21 Å². The molecule has 44 heavy (non-hydrogen) atoms. The van der Waals surface area contributed by atoms with Crippen LogP contribution in [0.25, 0.3) is 22.3 Å². The Morgan fingerprint density at radius 2 is 1.34 bits per heavy atom. The van der Waals surface area contributed by atoms with Gasteiger partial charge in [-0.15, -0.1) is 11.6 Å². The summed E-state index contributed by atoms with van der Waals surface area (Å²) in [5.41, 5.74) is 19.4. The van der Waals surface area contributed by atoms with Crippen molar-refractivity contribution in [3.63, 3.8) is 0 Å². The van der Waals surface area contributed by atoms with Crippen LogP contribution < -0.4 is 24.8 Å². The zero-order valence-corrected chi connectivity index (χ0v) is 33.4.